The van der Waals surface area contributed by atoms with Crippen LogP contribution in [-0.2, 0) is 14.4 Å². The maximum Gasteiger partial charge on any atom is 0.493 e. The molecule has 6 heterocycles. The highest BCUT2D eigenvalue weighted by Crippen LogP contribution is 2.44. The number of hydrogen-bond acceptors (Lipinski definition) is 10. The molecule has 3 fully saturated rings. The molecule has 1 spiro atoms. The van der Waals surface area contributed by atoms with Gasteiger partial charge in [-0.3, -0.25) is 9.48 Å². The van der Waals surface area contributed by atoms with E-state index >= 15 is 0 Å². The van der Waals surface area contributed by atoms with E-state index in [1.165, 1.54) is 32.9 Å². The number of hydrogen-bond donors (Lipinski definition) is 1. The molecule has 0 radical (unpaired) electrons. The van der Waals surface area contributed by atoms with E-state index in [2.05, 4.69) is 26.0 Å². The number of aromatic nitrogens is 6. The maximum atomic E-state index is 13.6. The number of hydroxylamine groups is 2. The van der Waals surface area contributed by atoms with Gasteiger partial charge in [-0.25, -0.2) is 19.3 Å². The van der Waals surface area contributed by atoms with E-state index in [-0.39, 0.29) is 0 Å². The number of nitrogens with one attached hydrogen (secondary N) is 1. The van der Waals surface area contributed by atoms with Gasteiger partial charge in [0.2, 0.25) is 0 Å². The molecule has 3 aliphatic rings. The zero-order valence-electron chi connectivity index (χ0n) is 29.4. The van der Waals surface area contributed by atoms with Crippen LogP contribution >= 0.6 is 0 Å². The smallest absolute Gasteiger partial charge is 0.357 e. The molecule has 4 aromatic heterocycles. The van der Waals surface area contributed by atoms with Gasteiger partial charge >= 0.3 is 12.1 Å². The van der Waals surface area contributed by atoms with Crippen molar-refractivity contribution < 1.29 is 27.6 Å². The molecule has 274 valence electrons. The summed E-state index contributed by atoms with van der Waals surface area (Å²) >= 11 is 0. The van der Waals surface area contributed by atoms with E-state index < -0.39 is 29.5 Å². The molecule has 52 heavy (non-hydrogen) atoms. The minimum absolute atomic E-state index is 0.330. The molecule has 7 rings (SSSR count). The van der Waals surface area contributed by atoms with Crippen LogP contribution in [0.25, 0.3) is 28.0 Å². The summed E-state index contributed by atoms with van der Waals surface area (Å²) in [5.74, 6) is -2.41. The van der Waals surface area contributed by atoms with Crippen molar-refractivity contribution in [2.45, 2.75) is 84.0 Å². The molecule has 16 heteroatoms. The van der Waals surface area contributed by atoms with Crippen LogP contribution in [0, 0.1) is 22.2 Å². The number of amides is 1. The monoisotopic (exact) mass is 718 g/mol. The summed E-state index contributed by atoms with van der Waals surface area (Å²) in [6.45, 7) is 7.84. The minimum atomic E-state index is -5.22. The topological polar surface area (TPSA) is 147 Å². The van der Waals surface area contributed by atoms with Gasteiger partial charge in [-0.2, -0.15) is 33.7 Å². The number of piperidine rings is 1. The number of pyridine rings is 1. The predicted octanol–water partition coefficient (Wildman–Crippen LogP) is 5.49. The Kier molecular flexibility index (Phi) is 9.18. The third-order valence-electron chi connectivity index (χ3n) is 11.2. The number of carbonyl (C=O) groups is 2. The van der Waals surface area contributed by atoms with Gasteiger partial charge in [-0.15, -0.1) is 0 Å². The first-order chi connectivity index (χ1) is 24.8. The van der Waals surface area contributed by atoms with Crippen molar-refractivity contribution >= 4 is 23.2 Å². The first-order valence-corrected chi connectivity index (χ1v) is 17.7. The Labute approximate surface area is 298 Å². The summed E-state index contributed by atoms with van der Waals surface area (Å²) in [7, 11) is 0. The van der Waals surface area contributed by atoms with Gasteiger partial charge < -0.3 is 15.1 Å². The Balaban J connectivity index is 1.09. The number of alkyl halides is 3. The summed E-state index contributed by atoms with van der Waals surface area (Å²) in [4.78, 5) is 41.5. The van der Waals surface area contributed by atoms with Gasteiger partial charge in [0.05, 0.1) is 47.5 Å². The van der Waals surface area contributed by atoms with Crippen LogP contribution in [0.4, 0.5) is 19.0 Å². The number of nitrogens with zero attached hydrogens (tertiary/aromatic N) is 9. The molecular weight excluding hydrogens is 677 g/mol. The first-order valence-electron chi connectivity index (χ1n) is 17.7. The Morgan fingerprint density at radius 2 is 1.79 bits per heavy atom. The summed E-state index contributed by atoms with van der Waals surface area (Å²) in [6.07, 6.45) is 9.22. The molecule has 1 saturated carbocycles. The molecule has 1 N–H and O–H groups in total. The van der Waals surface area contributed by atoms with Crippen molar-refractivity contribution in [1.82, 2.24) is 39.7 Å². The van der Waals surface area contributed by atoms with Crippen LogP contribution < -0.4 is 10.2 Å². The van der Waals surface area contributed by atoms with Crippen LogP contribution in [-0.4, -0.2) is 84.7 Å². The van der Waals surface area contributed by atoms with Gasteiger partial charge in [-0.05, 0) is 76.3 Å². The van der Waals surface area contributed by atoms with Gasteiger partial charge in [0.15, 0.2) is 0 Å². The molecule has 0 aromatic carbocycles. The lowest BCUT2D eigenvalue weighted by Gasteiger charge is -2.47. The van der Waals surface area contributed by atoms with Crippen molar-refractivity contribution in [3.8, 4) is 28.6 Å². The Morgan fingerprint density at radius 1 is 1.06 bits per heavy atom. The zero-order valence-corrected chi connectivity index (χ0v) is 29.4. The largest absolute Gasteiger partial charge is 0.493 e. The number of rotatable bonds is 7. The quantitative estimate of drug-likeness (QED) is 0.244. The second kappa shape index (κ2) is 13.5. The maximum absolute atomic E-state index is 13.6. The lowest BCUT2D eigenvalue weighted by Crippen LogP contribution is -2.54. The third kappa shape index (κ3) is 6.46. The van der Waals surface area contributed by atoms with Crippen LogP contribution in [0.2, 0.25) is 0 Å². The number of carbonyl (C=O) groups excluding carboxylic acids is 2. The van der Waals surface area contributed by atoms with E-state index in [0.29, 0.717) is 82.7 Å². The van der Waals surface area contributed by atoms with Crippen LogP contribution in [0.15, 0.2) is 43.1 Å². The Bertz CT molecular complexity index is 1990. The number of halogens is 3. The minimum Gasteiger partial charge on any atom is -0.357 e. The van der Waals surface area contributed by atoms with Crippen molar-refractivity contribution in [2.24, 2.45) is 10.8 Å². The standard InChI is InChI=1S/C36H41F3N10O3/c1-4-35(32(50)49(23(2)3)52-33(51)36(37,38)39)11-13-46(14-12-35)29-6-5-24(16-42-29)30-31-25(15-40)17-44-48(31)20-28(45-30)26-18-43-47(19-26)27-7-9-34(10-8-27)21-41-22-34/h5-6,16-20,23,27,41H,4,7-14,21-22H2,1-3H3. The fraction of sp³-hybridized carbons (Fsp3) is 0.528. The number of nitriles is 1. The predicted molar refractivity (Wildman–Crippen MR) is 183 cm³/mol. The highest BCUT2D eigenvalue weighted by Gasteiger charge is 2.48. The van der Waals surface area contributed by atoms with Crippen LogP contribution in [0.3, 0.4) is 0 Å². The summed E-state index contributed by atoms with van der Waals surface area (Å²) < 4.78 is 42.6. The fourth-order valence-electron chi connectivity index (χ4n) is 7.77. The average Bonchev–Trinajstić information content (AvgIpc) is 3.80. The van der Waals surface area contributed by atoms with Gasteiger partial charge in [-0.1, -0.05) is 6.92 Å². The van der Waals surface area contributed by atoms with E-state index in [4.69, 9.17) is 15.1 Å². The highest BCUT2D eigenvalue weighted by molar-refractivity contribution is 5.85. The Morgan fingerprint density at radius 3 is 2.37 bits per heavy atom. The van der Waals surface area contributed by atoms with Gasteiger partial charge in [0.25, 0.3) is 5.91 Å². The Hall–Kier alpha value is -5.04. The third-order valence-corrected chi connectivity index (χ3v) is 11.2. The molecule has 1 aliphatic carbocycles. The van der Waals surface area contributed by atoms with E-state index in [9.17, 15) is 28.0 Å². The number of fused-ring (bicyclic) bond motifs is 1. The van der Waals surface area contributed by atoms with Crippen LogP contribution in [0.5, 0.6) is 0 Å². The summed E-state index contributed by atoms with van der Waals surface area (Å²) in [5, 5.41) is 23.0. The highest BCUT2D eigenvalue weighted by atomic mass is 19.4. The molecule has 2 aliphatic heterocycles. The fourth-order valence-corrected chi connectivity index (χ4v) is 7.77. The zero-order chi connectivity index (χ0) is 36.8. The molecule has 4 aromatic rings. The van der Waals surface area contributed by atoms with Crippen molar-refractivity contribution in [1.29, 1.82) is 5.26 Å². The van der Waals surface area contributed by atoms with E-state index in [1.807, 2.05) is 29.4 Å². The second-order valence-electron chi connectivity index (χ2n) is 14.6. The van der Waals surface area contributed by atoms with Crippen molar-refractivity contribution in [3.63, 3.8) is 0 Å². The van der Waals surface area contributed by atoms with E-state index in [0.717, 1.165) is 31.5 Å². The molecule has 0 bridgehead atoms. The average molecular weight is 719 g/mol. The van der Waals surface area contributed by atoms with Crippen molar-refractivity contribution in [3.05, 3.63) is 48.7 Å². The summed E-state index contributed by atoms with van der Waals surface area (Å²) in [6, 6.07) is 5.50. The normalized spacial score (nSPS) is 18.7. The van der Waals surface area contributed by atoms with Crippen molar-refractivity contribution in [2.75, 3.05) is 31.1 Å². The molecule has 0 unspecified atom stereocenters. The SMILES string of the molecule is CCC1(C(=O)N(OC(=O)C(F)(F)F)C(C)C)CCN(c2ccc(-c3nc(-c4cnn(C5CCC6(CC5)CNC6)c4)cn4ncc(C#N)c34)cn2)CC1. The second-order valence-corrected chi connectivity index (χ2v) is 14.6. The lowest BCUT2D eigenvalue weighted by molar-refractivity contribution is -0.245. The summed E-state index contributed by atoms with van der Waals surface area (Å²) in [5.41, 5.74) is 3.13. The molecule has 13 nitrogen and oxygen atoms in total. The molecular formula is C36H41F3N10O3. The molecule has 2 saturated heterocycles. The number of anilines is 1. The first kappa shape index (κ1) is 35.4. The van der Waals surface area contributed by atoms with Crippen LogP contribution in [0.1, 0.15) is 77.3 Å². The molecule has 0 atom stereocenters. The lowest BCUT2D eigenvalue weighted by atomic mass is 9.68. The van der Waals surface area contributed by atoms with Gasteiger partial charge in [0, 0.05) is 49.7 Å². The van der Waals surface area contributed by atoms with Gasteiger partial charge in [0.1, 0.15) is 23.0 Å². The molecule has 1 amide bonds. The van der Waals surface area contributed by atoms with E-state index in [1.54, 1.807) is 23.8 Å².